The fourth-order valence-electron chi connectivity index (χ4n) is 2.40. The number of nitrogen functional groups attached to an aromatic ring is 1. The minimum absolute atomic E-state index is 0.192. The molecular formula is C17H16N4O3S. The Balaban J connectivity index is 1.92. The zero-order valence-corrected chi connectivity index (χ0v) is 14.5. The molecule has 1 amide bonds. The SMILES string of the molecule is CC(=O)Nc1ccc2c(CSc3nc(C)cc(N)n3)cc(=O)oc2c1. The van der Waals surface area contributed by atoms with Crippen LogP contribution in [0.5, 0.6) is 0 Å². The normalized spacial score (nSPS) is 10.8. The lowest BCUT2D eigenvalue weighted by atomic mass is 10.1. The molecule has 3 N–H and O–H groups in total. The Kier molecular flexibility index (Phi) is 4.71. The maximum absolute atomic E-state index is 11.8. The van der Waals surface area contributed by atoms with Crippen molar-refractivity contribution >= 4 is 40.1 Å². The van der Waals surface area contributed by atoms with E-state index < -0.39 is 5.63 Å². The molecule has 0 aliphatic rings. The van der Waals surface area contributed by atoms with Gasteiger partial charge in [0.25, 0.3) is 0 Å². The topological polar surface area (TPSA) is 111 Å². The van der Waals surface area contributed by atoms with E-state index in [-0.39, 0.29) is 5.91 Å². The molecule has 128 valence electrons. The lowest BCUT2D eigenvalue weighted by Crippen LogP contribution is -2.06. The van der Waals surface area contributed by atoms with Gasteiger partial charge in [0.05, 0.1) is 0 Å². The molecule has 1 aromatic carbocycles. The van der Waals surface area contributed by atoms with E-state index in [9.17, 15) is 9.59 Å². The summed E-state index contributed by atoms with van der Waals surface area (Å²) < 4.78 is 5.25. The van der Waals surface area contributed by atoms with Gasteiger partial charge in [-0.15, -0.1) is 0 Å². The number of nitrogens with zero attached hydrogens (tertiary/aromatic N) is 2. The van der Waals surface area contributed by atoms with E-state index in [1.54, 1.807) is 18.2 Å². The molecular weight excluding hydrogens is 340 g/mol. The van der Waals surface area contributed by atoms with E-state index >= 15 is 0 Å². The number of carbonyl (C=O) groups is 1. The standard InChI is InChI=1S/C17H16N4O3S/c1-9-5-15(18)21-17(19-9)25-8-11-6-16(23)24-14-7-12(20-10(2)22)3-4-13(11)14/h3-7H,8H2,1-2H3,(H,20,22)(H2,18,19,21). The van der Waals surface area contributed by atoms with Crippen LogP contribution in [-0.2, 0) is 10.5 Å². The minimum atomic E-state index is -0.451. The van der Waals surface area contributed by atoms with Gasteiger partial charge in [-0.05, 0) is 24.6 Å². The zero-order valence-electron chi connectivity index (χ0n) is 13.7. The second-order valence-corrected chi connectivity index (χ2v) is 6.43. The molecule has 25 heavy (non-hydrogen) atoms. The first-order chi connectivity index (χ1) is 11.9. The Labute approximate surface area is 147 Å². The van der Waals surface area contributed by atoms with E-state index in [1.807, 2.05) is 13.0 Å². The number of fused-ring (bicyclic) bond motifs is 1. The highest BCUT2D eigenvalue weighted by atomic mass is 32.2. The molecule has 0 spiro atoms. The van der Waals surface area contributed by atoms with Crippen molar-refractivity contribution in [2.24, 2.45) is 0 Å². The van der Waals surface area contributed by atoms with Crippen LogP contribution in [0.15, 0.2) is 44.7 Å². The molecule has 0 aliphatic carbocycles. The van der Waals surface area contributed by atoms with Crippen molar-refractivity contribution in [3.8, 4) is 0 Å². The largest absolute Gasteiger partial charge is 0.423 e. The van der Waals surface area contributed by atoms with Crippen LogP contribution in [0, 0.1) is 6.92 Å². The van der Waals surface area contributed by atoms with E-state index in [0.717, 1.165) is 16.6 Å². The van der Waals surface area contributed by atoms with Crippen molar-refractivity contribution in [3.63, 3.8) is 0 Å². The Morgan fingerprint density at radius 2 is 2.08 bits per heavy atom. The molecule has 0 saturated carbocycles. The van der Waals surface area contributed by atoms with Gasteiger partial charge in [-0.2, -0.15) is 0 Å². The summed E-state index contributed by atoms with van der Waals surface area (Å²) in [6.07, 6.45) is 0. The summed E-state index contributed by atoms with van der Waals surface area (Å²) in [5, 5.41) is 4.01. The predicted molar refractivity (Wildman–Crippen MR) is 97.5 cm³/mol. The quantitative estimate of drug-likeness (QED) is 0.420. The summed E-state index contributed by atoms with van der Waals surface area (Å²) in [5.74, 6) is 0.708. The van der Waals surface area contributed by atoms with Gasteiger partial charge in [0.15, 0.2) is 5.16 Å². The van der Waals surface area contributed by atoms with Crippen LogP contribution < -0.4 is 16.7 Å². The van der Waals surface area contributed by atoms with Crippen molar-refractivity contribution in [1.82, 2.24) is 9.97 Å². The third-order valence-electron chi connectivity index (χ3n) is 3.36. The highest BCUT2D eigenvalue weighted by Crippen LogP contribution is 2.26. The van der Waals surface area contributed by atoms with Gasteiger partial charge in [-0.3, -0.25) is 4.79 Å². The second kappa shape index (κ2) is 6.94. The van der Waals surface area contributed by atoms with Gasteiger partial charge in [0, 0.05) is 47.6 Å². The summed E-state index contributed by atoms with van der Waals surface area (Å²) in [4.78, 5) is 31.5. The number of amides is 1. The highest BCUT2D eigenvalue weighted by Gasteiger charge is 2.09. The number of benzene rings is 1. The van der Waals surface area contributed by atoms with Crippen molar-refractivity contribution in [2.75, 3.05) is 11.1 Å². The number of hydrogen-bond donors (Lipinski definition) is 2. The van der Waals surface area contributed by atoms with Crippen molar-refractivity contribution in [2.45, 2.75) is 24.8 Å². The molecule has 2 aromatic heterocycles. The highest BCUT2D eigenvalue weighted by molar-refractivity contribution is 7.98. The monoisotopic (exact) mass is 356 g/mol. The molecule has 0 radical (unpaired) electrons. The maximum atomic E-state index is 11.8. The van der Waals surface area contributed by atoms with Gasteiger partial charge in [0.2, 0.25) is 5.91 Å². The van der Waals surface area contributed by atoms with Crippen molar-refractivity contribution < 1.29 is 9.21 Å². The van der Waals surface area contributed by atoms with Crippen LogP contribution in [0.3, 0.4) is 0 Å². The Bertz CT molecular complexity index is 996. The van der Waals surface area contributed by atoms with Crippen molar-refractivity contribution in [1.29, 1.82) is 0 Å². The fourth-order valence-corrected chi connectivity index (χ4v) is 3.30. The summed E-state index contributed by atoms with van der Waals surface area (Å²) in [7, 11) is 0. The third-order valence-corrected chi connectivity index (χ3v) is 4.26. The van der Waals surface area contributed by atoms with Gasteiger partial charge < -0.3 is 15.5 Å². The van der Waals surface area contributed by atoms with E-state index in [2.05, 4.69) is 15.3 Å². The molecule has 3 aromatic rings. The molecule has 0 atom stereocenters. The maximum Gasteiger partial charge on any atom is 0.336 e. The summed E-state index contributed by atoms with van der Waals surface area (Å²) in [6, 6.07) is 8.35. The van der Waals surface area contributed by atoms with Crippen LogP contribution in [0.1, 0.15) is 18.2 Å². The molecule has 0 fully saturated rings. The lowest BCUT2D eigenvalue weighted by Gasteiger charge is -2.08. The molecule has 2 heterocycles. The second-order valence-electron chi connectivity index (χ2n) is 5.49. The Morgan fingerprint density at radius 1 is 1.28 bits per heavy atom. The zero-order chi connectivity index (χ0) is 18.0. The first kappa shape index (κ1) is 17.0. The van der Waals surface area contributed by atoms with Gasteiger partial charge >= 0.3 is 5.63 Å². The summed E-state index contributed by atoms with van der Waals surface area (Å²) >= 11 is 1.39. The van der Waals surface area contributed by atoms with E-state index in [1.165, 1.54) is 24.8 Å². The first-order valence-corrected chi connectivity index (χ1v) is 8.47. The molecule has 0 unspecified atom stereocenters. The average Bonchev–Trinajstić information content (AvgIpc) is 2.50. The fraction of sp³-hybridized carbons (Fsp3) is 0.176. The molecule has 0 aliphatic heterocycles. The van der Waals surface area contributed by atoms with Crippen LogP contribution in [0.4, 0.5) is 11.5 Å². The first-order valence-electron chi connectivity index (χ1n) is 7.49. The molecule has 7 nitrogen and oxygen atoms in total. The lowest BCUT2D eigenvalue weighted by molar-refractivity contribution is -0.114. The van der Waals surface area contributed by atoms with Gasteiger partial charge in [0.1, 0.15) is 11.4 Å². The Morgan fingerprint density at radius 3 is 2.80 bits per heavy atom. The molecule has 8 heteroatoms. The smallest absolute Gasteiger partial charge is 0.336 e. The van der Waals surface area contributed by atoms with Gasteiger partial charge in [-0.25, -0.2) is 14.8 Å². The molecule has 3 rings (SSSR count). The number of nitrogens with one attached hydrogen (secondary N) is 1. The minimum Gasteiger partial charge on any atom is -0.423 e. The average molecular weight is 356 g/mol. The number of thioether (sulfide) groups is 1. The molecule has 0 saturated heterocycles. The summed E-state index contributed by atoms with van der Waals surface area (Å²) in [5.41, 5.74) is 7.86. The number of hydrogen-bond acceptors (Lipinski definition) is 7. The number of rotatable bonds is 4. The van der Waals surface area contributed by atoms with Gasteiger partial charge in [-0.1, -0.05) is 11.8 Å². The molecule has 0 bridgehead atoms. The number of aromatic nitrogens is 2. The van der Waals surface area contributed by atoms with Crippen LogP contribution >= 0.6 is 11.8 Å². The third kappa shape index (κ3) is 4.16. The van der Waals surface area contributed by atoms with Crippen LogP contribution in [0.2, 0.25) is 0 Å². The predicted octanol–water partition coefficient (Wildman–Crippen LogP) is 2.72. The van der Waals surface area contributed by atoms with E-state index in [4.69, 9.17) is 10.2 Å². The number of carbonyl (C=O) groups excluding carboxylic acids is 1. The summed E-state index contributed by atoms with van der Waals surface area (Å²) in [6.45, 7) is 3.26. The number of anilines is 2. The van der Waals surface area contributed by atoms with Crippen molar-refractivity contribution in [3.05, 3.63) is 52.0 Å². The van der Waals surface area contributed by atoms with Crippen LogP contribution in [-0.4, -0.2) is 15.9 Å². The Hall–Kier alpha value is -2.87. The van der Waals surface area contributed by atoms with Crippen LogP contribution in [0.25, 0.3) is 11.0 Å². The number of nitrogens with two attached hydrogens (primary N) is 1. The van der Waals surface area contributed by atoms with E-state index in [0.29, 0.717) is 28.0 Å². The number of aryl methyl sites for hydroxylation is 1.